The van der Waals surface area contributed by atoms with Crippen LogP contribution in [0.1, 0.15) is 61.4 Å². The maximum Gasteiger partial charge on any atom is 0.200 e. The highest BCUT2D eigenvalue weighted by atomic mass is 19.1. The SMILES string of the molecule is CCOC1(C(=O)c2c(F)ccc(C)c2F)CCCCCC1. The summed E-state index contributed by atoms with van der Waals surface area (Å²) < 4.78 is 34.0. The average Bonchev–Trinajstić information content (AvgIpc) is 2.70. The molecule has 116 valence electrons. The third-order valence-electron chi connectivity index (χ3n) is 4.26. The first-order chi connectivity index (χ1) is 10.0. The molecule has 1 fully saturated rings. The third-order valence-corrected chi connectivity index (χ3v) is 4.26. The van der Waals surface area contributed by atoms with E-state index in [1.807, 2.05) is 6.92 Å². The van der Waals surface area contributed by atoms with Gasteiger partial charge in [-0.25, -0.2) is 8.78 Å². The third kappa shape index (κ3) is 3.15. The maximum absolute atomic E-state index is 14.3. The minimum atomic E-state index is -1.07. The van der Waals surface area contributed by atoms with Crippen LogP contribution < -0.4 is 0 Å². The van der Waals surface area contributed by atoms with E-state index in [0.29, 0.717) is 19.4 Å². The first-order valence-corrected chi connectivity index (χ1v) is 7.65. The summed E-state index contributed by atoms with van der Waals surface area (Å²) in [4.78, 5) is 12.9. The molecule has 0 saturated heterocycles. The average molecular weight is 296 g/mol. The molecule has 0 amide bonds. The molecule has 0 unspecified atom stereocenters. The van der Waals surface area contributed by atoms with Gasteiger partial charge in [0.05, 0.1) is 5.56 Å². The minimum absolute atomic E-state index is 0.278. The number of carbonyl (C=O) groups excluding carboxylic acids is 1. The van der Waals surface area contributed by atoms with Crippen LogP contribution in [-0.4, -0.2) is 18.0 Å². The molecule has 2 nitrogen and oxygen atoms in total. The summed E-state index contributed by atoms with van der Waals surface area (Å²) in [5.41, 5.74) is -1.23. The van der Waals surface area contributed by atoms with E-state index in [1.54, 1.807) is 0 Å². The van der Waals surface area contributed by atoms with E-state index in [-0.39, 0.29) is 5.56 Å². The van der Waals surface area contributed by atoms with Crippen LogP contribution in [-0.2, 0) is 4.74 Å². The van der Waals surface area contributed by atoms with E-state index >= 15 is 0 Å². The molecule has 0 aliphatic heterocycles. The number of hydrogen-bond acceptors (Lipinski definition) is 2. The maximum atomic E-state index is 14.3. The number of carbonyl (C=O) groups is 1. The van der Waals surface area contributed by atoms with E-state index in [9.17, 15) is 13.6 Å². The van der Waals surface area contributed by atoms with Crippen LogP contribution in [0.4, 0.5) is 8.78 Å². The van der Waals surface area contributed by atoms with Crippen molar-refractivity contribution < 1.29 is 18.3 Å². The molecule has 0 heterocycles. The van der Waals surface area contributed by atoms with Crippen LogP contribution in [0.15, 0.2) is 12.1 Å². The van der Waals surface area contributed by atoms with Gasteiger partial charge in [-0.3, -0.25) is 4.79 Å². The number of hydrogen-bond donors (Lipinski definition) is 0. The quantitative estimate of drug-likeness (QED) is 0.600. The highest BCUT2D eigenvalue weighted by molar-refractivity contribution is 6.03. The Kier molecular flexibility index (Phi) is 5.09. The second-order valence-electron chi connectivity index (χ2n) is 5.72. The molecule has 0 atom stereocenters. The van der Waals surface area contributed by atoms with E-state index in [4.69, 9.17) is 4.74 Å². The lowest BCUT2D eigenvalue weighted by Gasteiger charge is -2.31. The molecule has 21 heavy (non-hydrogen) atoms. The van der Waals surface area contributed by atoms with Crippen LogP contribution >= 0.6 is 0 Å². The fourth-order valence-corrected chi connectivity index (χ4v) is 3.11. The van der Waals surface area contributed by atoms with Gasteiger partial charge in [-0.1, -0.05) is 31.7 Å². The highest BCUT2D eigenvalue weighted by Crippen LogP contribution is 2.35. The molecule has 0 aromatic heterocycles. The van der Waals surface area contributed by atoms with Gasteiger partial charge in [0.15, 0.2) is 0 Å². The van der Waals surface area contributed by atoms with Crippen molar-refractivity contribution in [3.05, 3.63) is 34.9 Å². The molecule has 2 rings (SSSR count). The monoisotopic (exact) mass is 296 g/mol. The van der Waals surface area contributed by atoms with Gasteiger partial charge in [0.25, 0.3) is 0 Å². The second kappa shape index (κ2) is 6.65. The molecule has 0 bridgehead atoms. The molecule has 1 aliphatic rings. The molecule has 1 aromatic carbocycles. The number of ether oxygens (including phenoxy) is 1. The number of rotatable bonds is 4. The number of aryl methyl sites for hydroxylation is 1. The Labute approximate surface area is 124 Å². The summed E-state index contributed by atoms with van der Waals surface area (Å²) in [6.45, 7) is 3.70. The van der Waals surface area contributed by atoms with Crippen LogP contribution in [0.2, 0.25) is 0 Å². The van der Waals surface area contributed by atoms with Gasteiger partial charge < -0.3 is 4.74 Å². The Morgan fingerprint density at radius 1 is 1.19 bits per heavy atom. The van der Waals surface area contributed by atoms with E-state index in [1.165, 1.54) is 13.0 Å². The van der Waals surface area contributed by atoms with E-state index in [2.05, 4.69) is 0 Å². The summed E-state index contributed by atoms with van der Waals surface area (Å²) in [7, 11) is 0. The Morgan fingerprint density at radius 2 is 1.81 bits per heavy atom. The normalized spacial score (nSPS) is 18.3. The van der Waals surface area contributed by atoms with Crippen LogP contribution in [0, 0.1) is 18.6 Å². The van der Waals surface area contributed by atoms with Crippen molar-refractivity contribution in [2.75, 3.05) is 6.61 Å². The largest absolute Gasteiger partial charge is 0.367 e. The second-order valence-corrected chi connectivity index (χ2v) is 5.72. The predicted octanol–water partition coefficient (Wildman–Crippen LogP) is 4.59. The molecule has 0 spiro atoms. The summed E-state index contributed by atoms with van der Waals surface area (Å²) in [6, 6.07) is 2.50. The highest BCUT2D eigenvalue weighted by Gasteiger charge is 2.42. The zero-order chi connectivity index (χ0) is 15.5. The standard InChI is InChI=1S/C17H22F2O2/c1-3-21-17(10-6-4-5-7-11-17)16(20)14-13(18)9-8-12(2)15(14)19/h8-9H,3-7,10-11H2,1-2H3. The Morgan fingerprint density at radius 3 is 2.38 bits per heavy atom. The fraction of sp³-hybridized carbons (Fsp3) is 0.588. The van der Waals surface area contributed by atoms with Crippen molar-refractivity contribution in [1.82, 2.24) is 0 Å². The molecular formula is C17H22F2O2. The molecule has 1 aliphatic carbocycles. The summed E-state index contributed by atoms with van der Waals surface area (Å²) >= 11 is 0. The Bertz CT molecular complexity index is 518. The van der Waals surface area contributed by atoms with Gasteiger partial charge in [-0.2, -0.15) is 0 Å². The molecule has 0 radical (unpaired) electrons. The molecule has 1 saturated carbocycles. The summed E-state index contributed by atoms with van der Waals surface area (Å²) in [5, 5.41) is 0. The topological polar surface area (TPSA) is 26.3 Å². The lowest BCUT2D eigenvalue weighted by Crippen LogP contribution is -2.42. The van der Waals surface area contributed by atoms with Crippen molar-refractivity contribution in [3.63, 3.8) is 0 Å². The summed E-state index contributed by atoms with van der Waals surface area (Å²) in [5.74, 6) is -2.10. The number of benzene rings is 1. The van der Waals surface area contributed by atoms with Crippen LogP contribution in [0.25, 0.3) is 0 Å². The lowest BCUT2D eigenvalue weighted by molar-refractivity contribution is -0.0297. The van der Waals surface area contributed by atoms with Gasteiger partial charge in [0.1, 0.15) is 17.2 Å². The molecular weight excluding hydrogens is 274 g/mol. The zero-order valence-electron chi connectivity index (χ0n) is 12.7. The van der Waals surface area contributed by atoms with Crippen molar-refractivity contribution >= 4 is 5.78 Å². The minimum Gasteiger partial charge on any atom is -0.367 e. The van der Waals surface area contributed by atoms with Crippen molar-refractivity contribution in [2.45, 2.75) is 58.0 Å². The fourth-order valence-electron chi connectivity index (χ4n) is 3.11. The first kappa shape index (κ1) is 16.1. The lowest BCUT2D eigenvalue weighted by atomic mass is 9.85. The Balaban J connectivity index is 2.45. The molecule has 1 aromatic rings. The molecule has 0 N–H and O–H groups in total. The smallest absolute Gasteiger partial charge is 0.200 e. The van der Waals surface area contributed by atoms with E-state index in [0.717, 1.165) is 31.7 Å². The van der Waals surface area contributed by atoms with Gasteiger partial charge in [0, 0.05) is 6.61 Å². The number of ketones is 1. The van der Waals surface area contributed by atoms with Gasteiger partial charge in [0.2, 0.25) is 5.78 Å². The zero-order valence-corrected chi connectivity index (χ0v) is 12.7. The van der Waals surface area contributed by atoms with E-state index < -0.39 is 28.6 Å². The van der Waals surface area contributed by atoms with Gasteiger partial charge >= 0.3 is 0 Å². The number of halogens is 2. The first-order valence-electron chi connectivity index (χ1n) is 7.65. The number of Topliss-reactive ketones (excluding diaryl/α,β-unsaturated/α-hetero) is 1. The Hall–Kier alpha value is -1.29. The van der Waals surface area contributed by atoms with Gasteiger partial charge in [-0.15, -0.1) is 0 Å². The van der Waals surface area contributed by atoms with Gasteiger partial charge in [-0.05, 0) is 38.3 Å². The predicted molar refractivity (Wildman–Crippen MR) is 77.5 cm³/mol. The van der Waals surface area contributed by atoms with Crippen molar-refractivity contribution in [2.24, 2.45) is 0 Å². The van der Waals surface area contributed by atoms with Crippen LogP contribution in [0.3, 0.4) is 0 Å². The van der Waals surface area contributed by atoms with Crippen molar-refractivity contribution in [1.29, 1.82) is 0 Å². The molecule has 4 heteroatoms. The summed E-state index contributed by atoms with van der Waals surface area (Å²) in [6.07, 6.45) is 4.82. The van der Waals surface area contributed by atoms with Crippen molar-refractivity contribution in [3.8, 4) is 0 Å². The van der Waals surface area contributed by atoms with Crippen LogP contribution in [0.5, 0.6) is 0 Å².